The number of nitrogens with zero attached hydrogens (tertiary/aromatic N) is 3. The fraction of sp³-hybridized carbons (Fsp3) is 0.533. The number of phenols is 1. The van der Waals surface area contributed by atoms with Gasteiger partial charge in [0.05, 0.1) is 0 Å². The molecule has 0 bridgehead atoms. The van der Waals surface area contributed by atoms with E-state index in [0.29, 0.717) is 16.6 Å². The number of hydrogen-bond acceptors (Lipinski definition) is 3. The smallest absolute Gasteiger partial charge is 0.368 e. The fourth-order valence-electron chi connectivity index (χ4n) is 3.19. The summed E-state index contributed by atoms with van der Waals surface area (Å²) in [6, 6.07) is 3.01. The molecule has 0 spiro atoms. The van der Waals surface area contributed by atoms with Crippen LogP contribution in [0.25, 0.3) is 0 Å². The van der Waals surface area contributed by atoms with Crippen molar-refractivity contribution < 1.29 is 9.90 Å². The molecule has 2 amide bonds. The minimum Gasteiger partial charge on any atom is -0.506 e. The average Bonchev–Trinajstić information content (AvgIpc) is 2.82. The number of phenolic OH excluding ortho intramolecular Hbond substituents is 1. The maximum Gasteiger partial charge on any atom is 0.368 e. The molecular formula is C15H19N3O2. The number of piperidine rings is 1. The molecular weight excluding hydrogens is 254 g/mol. The zero-order valence-corrected chi connectivity index (χ0v) is 11.7. The number of likely N-dealkylation sites (tertiary alicyclic amines) is 1. The van der Waals surface area contributed by atoms with Crippen molar-refractivity contribution >= 4 is 6.03 Å². The van der Waals surface area contributed by atoms with Gasteiger partial charge in [0, 0.05) is 6.54 Å². The number of urea groups is 1. The fourth-order valence-corrected chi connectivity index (χ4v) is 3.19. The Kier molecular flexibility index (Phi) is 3.53. The number of carbonyl (C=O) groups excluding carboxylic acids is 1. The molecule has 1 unspecified atom stereocenters. The van der Waals surface area contributed by atoms with E-state index in [0.717, 1.165) is 44.5 Å². The third kappa shape index (κ3) is 2.33. The first-order chi connectivity index (χ1) is 9.69. The van der Waals surface area contributed by atoms with Crippen LogP contribution in [0, 0.1) is 0 Å². The summed E-state index contributed by atoms with van der Waals surface area (Å²) in [6.45, 7) is 5.44. The van der Waals surface area contributed by atoms with Crippen molar-refractivity contribution in [3.63, 3.8) is 0 Å². The highest BCUT2D eigenvalue weighted by molar-refractivity contribution is 5.78. The van der Waals surface area contributed by atoms with Gasteiger partial charge in [0.2, 0.25) is 0 Å². The maximum atomic E-state index is 11.4. The Morgan fingerprint density at radius 1 is 1.35 bits per heavy atom. The second-order valence-corrected chi connectivity index (χ2v) is 5.52. The van der Waals surface area contributed by atoms with Crippen LogP contribution in [-0.4, -0.2) is 35.7 Å². The second-order valence-electron chi connectivity index (χ2n) is 5.52. The molecule has 1 aromatic carbocycles. The molecule has 1 N–H and O–H groups in total. The lowest BCUT2D eigenvalue weighted by Gasteiger charge is -2.32. The standard InChI is InChI=1S/C15H19N3O2/c1-2-7-18-8-3-4-10(9-18)11-5-6-12(19)14-13(11)16-15(20)17-14/h5-6,10,19H,2-4,7-9H2,1H3. The van der Waals surface area contributed by atoms with Crippen LogP contribution in [0.15, 0.2) is 22.1 Å². The van der Waals surface area contributed by atoms with Crippen molar-refractivity contribution in [1.82, 2.24) is 4.90 Å². The predicted octanol–water partition coefficient (Wildman–Crippen LogP) is 1.35. The molecule has 106 valence electrons. The molecule has 1 aromatic rings. The van der Waals surface area contributed by atoms with Crippen LogP contribution in [0.2, 0.25) is 0 Å². The molecule has 1 saturated heterocycles. The van der Waals surface area contributed by atoms with Crippen LogP contribution in [0.4, 0.5) is 4.79 Å². The van der Waals surface area contributed by atoms with Gasteiger partial charge in [0.25, 0.3) is 0 Å². The highest BCUT2D eigenvalue weighted by Gasteiger charge is 2.24. The van der Waals surface area contributed by atoms with E-state index < -0.39 is 6.03 Å². The number of carbonyl (C=O) groups is 1. The van der Waals surface area contributed by atoms with Gasteiger partial charge in [0.15, 0.2) is 0 Å². The Morgan fingerprint density at radius 3 is 2.95 bits per heavy atom. The van der Waals surface area contributed by atoms with Crippen molar-refractivity contribution in [3.8, 4) is 5.75 Å². The van der Waals surface area contributed by atoms with Gasteiger partial charge in [0.1, 0.15) is 16.5 Å². The molecule has 1 fully saturated rings. The van der Waals surface area contributed by atoms with Crippen LogP contribution in [0.5, 0.6) is 5.75 Å². The van der Waals surface area contributed by atoms with Crippen LogP contribution in [0.3, 0.4) is 0 Å². The largest absolute Gasteiger partial charge is 0.506 e. The van der Waals surface area contributed by atoms with E-state index in [4.69, 9.17) is 0 Å². The molecule has 2 heterocycles. The van der Waals surface area contributed by atoms with Crippen LogP contribution in [0.1, 0.15) is 37.7 Å². The summed E-state index contributed by atoms with van der Waals surface area (Å²) in [4.78, 5) is 21.6. The van der Waals surface area contributed by atoms with Gasteiger partial charge in [-0.1, -0.05) is 13.0 Å². The summed E-state index contributed by atoms with van der Waals surface area (Å²) >= 11 is 0. The highest BCUT2D eigenvalue weighted by Crippen LogP contribution is 2.25. The van der Waals surface area contributed by atoms with Gasteiger partial charge < -0.3 is 10.0 Å². The Balaban J connectivity index is 1.97. The van der Waals surface area contributed by atoms with Gasteiger partial charge in [-0.15, -0.1) is 0 Å². The molecule has 0 saturated carbocycles. The number of hydrogen-bond donors (Lipinski definition) is 1. The van der Waals surface area contributed by atoms with Crippen molar-refractivity contribution in [1.29, 1.82) is 0 Å². The zero-order chi connectivity index (χ0) is 14.1. The molecule has 1 atom stereocenters. The van der Waals surface area contributed by atoms with Crippen molar-refractivity contribution in [3.05, 3.63) is 28.4 Å². The SMILES string of the molecule is CCCN1CCCC(c2ccc(O)c3c2=NC(=O)N=3)C1. The summed E-state index contributed by atoms with van der Waals surface area (Å²) in [5.41, 5.74) is 1.05. The number of fused-ring (bicyclic) bond motifs is 1. The topological polar surface area (TPSA) is 65.3 Å². The summed E-state index contributed by atoms with van der Waals surface area (Å²) in [5.74, 6) is 0.411. The first kappa shape index (κ1) is 13.2. The van der Waals surface area contributed by atoms with E-state index in [2.05, 4.69) is 21.8 Å². The molecule has 2 aliphatic rings. The first-order valence-electron chi connectivity index (χ1n) is 7.24. The molecule has 5 heteroatoms. The molecule has 20 heavy (non-hydrogen) atoms. The Morgan fingerprint density at radius 2 is 2.15 bits per heavy atom. The second kappa shape index (κ2) is 5.32. The third-order valence-electron chi connectivity index (χ3n) is 4.06. The molecule has 0 radical (unpaired) electrons. The number of amides is 2. The normalized spacial score (nSPS) is 22.2. The third-order valence-corrected chi connectivity index (χ3v) is 4.06. The summed E-state index contributed by atoms with van der Waals surface area (Å²) in [5, 5.41) is 10.7. The van der Waals surface area contributed by atoms with Gasteiger partial charge in [-0.2, -0.15) is 9.98 Å². The lowest BCUT2D eigenvalue weighted by Crippen LogP contribution is -2.38. The van der Waals surface area contributed by atoms with E-state index in [1.165, 1.54) is 0 Å². The van der Waals surface area contributed by atoms with Gasteiger partial charge >= 0.3 is 6.03 Å². The quantitative estimate of drug-likeness (QED) is 0.904. The molecule has 0 aliphatic carbocycles. The monoisotopic (exact) mass is 273 g/mol. The predicted molar refractivity (Wildman–Crippen MR) is 74.5 cm³/mol. The Labute approximate surface area is 117 Å². The molecule has 3 rings (SSSR count). The summed E-state index contributed by atoms with van der Waals surface area (Å²) in [6.07, 6.45) is 3.41. The van der Waals surface area contributed by atoms with Gasteiger partial charge in [-0.05, 0) is 49.9 Å². The van der Waals surface area contributed by atoms with E-state index >= 15 is 0 Å². The number of benzene rings is 1. The Hall–Kier alpha value is -1.75. The molecule has 2 aliphatic heterocycles. The average molecular weight is 273 g/mol. The molecule has 0 aromatic heterocycles. The van der Waals surface area contributed by atoms with Crippen molar-refractivity contribution in [2.24, 2.45) is 9.98 Å². The van der Waals surface area contributed by atoms with E-state index in [9.17, 15) is 9.90 Å². The summed E-state index contributed by atoms with van der Waals surface area (Å²) in [7, 11) is 0. The molecule has 5 nitrogen and oxygen atoms in total. The van der Waals surface area contributed by atoms with Crippen LogP contribution in [-0.2, 0) is 0 Å². The minimum absolute atomic E-state index is 0.0413. The minimum atomic E-state index is -0.510. The van der Waals surface area contributed by atoms with E-state index in [-0.39, 0.29) is 5.75 Å². The lowest BCUT2D eigenvalue weighted by molar-refractivity contribution is 0.208. The maximum absolute atomic E-state index is 11.4. The zero-order valence-electron chi connectivity index (χ0n) is 11.7. The van der Waals surface area contributed by atoms with Crippen molar-refractivity contribution in [2.45, 2.75) is 32.1 Å². The van der Waals surface area contributed by atoms with E-state index in [1.54, 1.807) is 6.07 Å². The number of aromatic hydroxyl groups is 1. The van der Waals surface area contributed by atoms with Crippen LogP contribution >= 0.6 is 0 Å². The van der Waals surface area contributed by atoms with Gasteiger partial charge in [-0.25, -0.2) is 4.79 Å². The Bertz CT molecular complexity index is 652. The van der Waals surface area contributed by atoms with Gasteiger partial charge in [-0.3, -0.25) is 0 Å². The first-order valence-corrected chi connectivity index (χ1v) is 7.24. The van der Waals surface area contributed by atoms with E-state index in [1.807, 2.05) is 6.07 Å². The van der Waals surface area contributed by atoms with Crippen LogP contribution < -0.4 is 10.7 Å². The number of rotatable bonds is 3. The summed E-state index contributed by atoms with van der Waals surface area (Å²) < 4.78 is 0. The highest BCUT2D eigenvalue weighted by atomic mass is 16.3. The lowest BCUT2D eigenvalue weighted by atomic mass is 9.90. The van der Waals surface area contributed by atoms with Crippen molar-refractivity contribution in [2.75, 3.05) is 19.6 Å².